The van der Waals surface area contributed by atoms with Gasteiger partial charge in [-0.05, 0) is 35.0 Å². The van der Waals surface area contributed by atoms with Crippen LogP contribution in [-0.2, 0) is 11.4 Å². The Kier molecular flexibility index (Phi) is 6.41. The number of hydrogen-bond acceptors (Lipinski definition) is 5. The monoisotopic (exact) mass is 417 g/mol. The number of benzene rings is 2. The Morgan fingerprint density at radius 3 is 2.29 bits per heavy atom. The standard InChI is InChI=1S/C14H10ClN3O3.C2HF3O2/c15-10-3-1-9-6-11(4-2-8(9)5-10)21-7-12-13(14(19)20)17-18-16-12;3-2(4,5)1(6)7/h1-6H,7H2,(H,19,20)(H,16,17,18);(H,6,7). The van der Waals surface area contributed by atoms with Crippen LogP contribution in [0.2, 0.25) is 5.02 Å². The summed E-state index contributed by atoms with van der Waals surface area (Å²) in [5, 5.41) is 28.3. The van der Waals surface area contributed by atoms with Gasteiger partial charge in [0.1, 0.15) is 18.1 Å². The number of aromatic carboxylic acids is 1. The molecule has 0 saturated carbocycles. The van der Waals surface area contributed by atoms with E-state index in [-0.39, 0.29) is 18.0 Å². The van der Waals surface area contributed by atoms with Crippen molar-refractivity contribution in [2.24, 2.45) is 0 Å². The molecule has 0 fully saturated rings. The first-order valence-corrected chi connectivity index (χ1v) is 7.71. The van der Waals surface area contributed by atoms with Gasteiger partial charge in [0.25, 0.3) is 0 Å². The molecule has 28 heavy (non-hydrogen) atoms. The fourth-order valence-corrected chi connectivity index (χ4v) is 2.14. The molecule has 0 aliphatic heterocycles. The number of halogens is 4. The zero-order chi connectivity index (χ0) is 20.9. The fourth-order valence-electron chi connectivity index (χ4n) is 1.96. The second-order valence-corrected chi connectivity index (χ2v) is 5.61. The average molecular weight is 418 g/mol. The van der Waals surface area contributed by atoms with Crippen LogP contribution in [0, 0.1) is 0 Å². The molecule has 0 unspecified atom stereocenters. The van der Waals surface area contributed by atoms with Crippen molar-refractivity contribution in [3.05, 3.63) is 52.8 Å². The summed E-state index contributed by atoms with van der Waals surface area (Å²) in [5.74, 6) is -3.29. The number of aromatic nitrogens is 3. The predicted molar refractivity (Wildman–Crippen MR) is 90.3 cm³/mol. The van der Waals surface area contributed by atoms with E-state index in [0.29, 0.717) is 10.8 Å². The molecular weight excluding hydrogens is 407 g/mol. The number of carboxylic acid groups (broad SMARTS) is 2. The van der Waals surface area contributed by atoms with Crippen LogP contribution in [0.4, 0.5) is 13.2 Å². The van der Waals surface area contributed by atoms with E-state index in [4.69, 9.17) is 31.3 Å². The number of ether oxygens (including phenoxy) is 1. The molecule has 0 aliphatic rings. The summed E-state index contributed by atoms with van der Waals surface area (Å²) in [7, 11) is 0. The Balaban J connectivity index is 0.000000345. The minimum absolute atomic E-state index is 0.0250. The van der Waals surface area contributed by atoms with Gasteiger partial charge in [0.2, 0.25) is 0 Å². The average Bonchev–Trinajstić information content (AvgIpc) is 3.08. The minimum atomic E-state index is -5.08. The first-order chi connectivity index (χ1) is 13.1. The van der Waals surface area contributed by atoms with Crippen molar-refractivity contribution in [2.75, 3.05) is 0 Å². The highest BCUT2D eigenvalue weighted by molar-refractivity contribution is 6.31. The highest BCUT2D eigenvalue weighted by Gasteiger charge is 2.38. The smallest absolute Gasteiger partial charge is 0.487 e. The molecule has 0 bridgehead atoms. The molecule has 0 radical (unpaired) electrons. The van der Waals surface area contributed by atoms with Crippen LogP contribution in [0.1, 0.15) is 16.2 Å². The summed E-state index contributed by atoms with van der Waals surface area (Å²) in [6.45, 7) is 0.0250. The molecule has 0 aliphatic carbocycles. The van der Waals surface area contributed by atoms with Gasteiger partial charge >= 0.3 is 18.1 Å². The predicted octanol–water partition coefficient (Wildman–Crippen LogP) is 3.52. The molecule has 0 spiro atoms. The summed E-state index contributed by atoms with van der Waals surface area (Å²) >= 11 is 5.93. The van der Waals surface area contributed by atoms with Gasteiger partial charge in [-0.15, -0.1) is 5.10 Å². The summed E-state index contributed by atoms with van der Waals surface area (Å²) in [4.78, 5) is 19.8. The lowest BCUT2D eigenvalue weighted by atomic mass is 10.1. The van der Waals surface area contributed by atoms with Gasteiger partial charge in [-0.3, -0.25) is 0 Å². The van der Waals surface area contributed by atoms with Crippen molar-refractivity contribution in [3.8, 4) is 5.75 Å². The highest BCUT2D eigenvalue weighted by Crippen LogP contribution is 2.24. The van der Waals surface area contributed by atoms with Gasteiger partial charge in [0, 0.05) is 5.02 Å². The van der Waals surface area contributed by atoms with Crippen LogP contribution in [0.3, 0.4) is 0 Å². The van der Waals surface area contributed by atoms with Crippen molar-refractivity contribution in [1.82, 2.24) is 15.4 Å². The third kappa shape index (κ3) is 5.58. The number of H-pyrrole nitrogens is 1. The summed E-state index contributed by atoms with van der Waals surface area (Å²) in [5.41, 5.74) is 0.112. The Morgan fingerprint density at radius 1 is 1.07 bits per heavy atom. The van der Waals surface area contributed by atoms with Crippen molar-refractivity contribution in [1.29, 1.82) is 0 Å². The van der Waals surface area contributed by atoms with E-state index in [9.17, 15) is 18.0 Å². The Labute approximate surface area is 159 Å². The van der Waals surface area contributed by atoms with E-state index in [0.717, 1.165) is 10.8 Å². The number of nitrogens with zero attached hydrogens (tertiary/aromatic N) is 2. The molecule has 0 saturated heterocycles. The van der Waals surface area contributed by atoms with Crippen LogP contribution in [-0.4, -0.2) is 43.7 Å². The third-order valence-electron chi connectivity index (χ3n) is 3.21. The van der Waals surface area contributed by atoms with Crippen molar-refractivity contribution < 1.29 is 37.7 Å². The van der Waals surface area contributed by atoms with Gasteiger partial charge in [-0.25, -0.2) is 9.59 Å². The molecule has 3 N–H and O–H groups in total. The van der Waals surface area contributed by atoms with Crippen LogP contribution in [0.5, 0.6) is 5.75 Å². The number of rotatable bonds is 4. The lowest BCUT2D eigenvalue weighted by Gasteiger charge is -2.06. The van der Waals surface area contributed by atoms with E-state index in [1.807, 2.05) is 24.3 Å². The highest BCUT2D eigenvalue weighted by atomic mass is 35.5. The van der Waals surface area contributed by atoms with Crippen LogP contribution >= 0.6 is 11.6 Å². The van der Waals surface area contributed by atoms with E-state index >= 15 is 0 Å². The summed E-state index contributed by atoms with van der Waals surface area (Å²) in [6.07, 6.45) is -5.08. The third-order valence-corrected chi connectivity index (χ3v) is 3.45. The number of alkyl halides is 3. The number of carbonyl (C=O) groups is 2. The van der Waals surface area contributed by atoms with Gasteiger partial charge in [0.05, 0.1) is 0 Å². The maximum atomic E-state index is 10.9. The molecule has 2 aromatic carbocycles. The molecule has 1 heterocycles. The quantitative estimate of drug-likeness (QED) is 0.593. The lowest BCUT2D eigenvalue weighted by Crippen LogP contribution is -2.21. The molecule has 148 valence electrons. The number of hydrogen-bond donors (Lipinski definition) is 3. The van der Waals surface area contributed by atoms with E-state index < -0.39 is 18.1 Å². The molecule has 0 amide bonds. The molecular formula is C16H11ClF3N3O5. The second kappa shape index (κ2) is 8.57. The van der Waals surface area contributed by atoms with Gasteiger partial charge in [0.15, 0.2) is 5.69 Å². The Bertz CT molecular complexity index is 1010. The molecule has 3 rings (SSSR count). The van der Waals surface area contributed by atoms with E-state index in [1.165, 1.54) is 0 Å². The van der Waals surface area contributed by atoms with E-state index in [1.54, 1.807) is 12.1 Å². The topological polar surface area (TPSA) is 125 Å². The number of nitrogens with one attached hydrogen (secondary N) is 1. The minimum Gasteiger partial charge on any atom is -0.487 e. The molecule has 3 aromatic rings. The maximum absolute atomic E-state index is 10.9. The van der Waals surface area contributed by atoms with Crippen LogP contribution in [0.15, 0.2) is 36.4 Å². The fraction of sp³-hybridized carbons (Fsp3) is 0.125. The first-order valence-electron chi connectivity index (χ1n) is 7.33. The molecule has 1 aromatic heterocycles. The Hall–Kier alpha value is -3.34. The largest absolute Gasteiger partial charge is 0.490 e. The van der Waals surface area contributed by atoms with Crippen molar-refractivity contribution in [3.63, 3.8) is 0 Å². The number of aromatic amines is 1. The summed E-state index contributed by atoms with van der Waals surface area (Å²) in [6, 6.07) is 11.1. The number of carboxylic acids is 2. The SMILES string of the molecule is O=C(O)C(F)(F)F.O=C(O)c1n[nH]nc1COc1ccc2cc(Cl)ccc2c1. The van der Waals surface area contributed by atoms with Crippen molar-refractivity contribution >= 4 is 34.3 Å². The zero-order valence-electron chi connectivity index (χ0n) is 13.7. The number of fused-ring (bicyclic) bond motifs is 1. The van der Waals surface area contributed by atoms with E-state index in [2.05, 4.69) is 15.4 Å². The zero-order valence-corrected chi connectivity index (χ0v) is 14.5. The van der Waals surface area contributed by atoms with Crippen LogP contribution in [0.25, 0.3) is 10.8 Å². The lowest BCUT2D eigenvalue weighted by molar-refractivity contribution is -0.192. The molecule has 0 atom stereocenters. The van der Waals surface area contributed by atoms with Gasteiger partial charge in [-0.1, -0.05) is 23.7 Å². The first kappa shape index (κ1) is 21.0. The van der Waals surface area contributed by atoms with Gasteiger partial charge in [-0.2, -0.15) is 23.5 Å². The summed E-state index contributed by atoms with van der Waals surface area (Å²) < 4.78 is 37.3. The maximum Gasteiger partial charge on any atom is 0.490 e. The van der Waals surface area contributed by atoms with Gasteiger partial charge < -0.3 is 14.9 Å². The second-order valence-electron chi connectivity index (χ2n) is 5.17. The van der Waals surface area contributed by atoms with Crippen LogP contribution < -0.4 is 4.74 Å². The normalized spacial score (nSPS) is 10.9. The Morgan fingerprint density at radius 2 is 1.68 bits per heavy atom. The molecule has 8 nitrogen and oxygen atoms in total. The number of aliphatic carboxylic acids is 1. The van der Waals surface area contributed by atoms with Crippen molar-refractivity contribution in [2.45, 2.75) is 12.8 Å². The molecule has 12 heteroatoms.